The highest BCUT2D eigenvalue weighted by atomic mass is 35.5. The van der Waals surface area contributed by atoms with E-state index in [0.29, 0.717) is 0 Å². The van der Waals surface area contributed by atoms with Crippen LogP contribution in [0.4, 0.5) is 10.1 Å². The topological polar surface area (TPSA) is 71.9 Å². The number of benzene rings is 1. The molecule has 0 bridgehead atoms. The van der Waals surface area contributed by atoms with E-state index in [9.17, 15) is 4.39 Å². The molecule has 90 valence electrons. The van der Waals surface area contributed by atoms with Crippen LogP contribution in [-0.4, -0.2) is 4.98 Å². The maximum Gasteiger partial charge on any atom is 0.244 e. The molecule has 0 aliphatic heterocycles. The number of hydrogen-bond donors (Lipinski definition) is 1. The van der Waals surface area contributed by atoms with Crippen molar-refractivity contribution < 1.29 is 9.13 Å². The first-order valence-corrected chi connectivity index (χ1v) is 5.27. The Labute approximate surface area is 107 Å². The van der Waals surface area contributed by atoms with Crippen molar-refractivity contribution in [3.63, 3.8) is 0 Å². The molecule has 2 N–H and O–H groups in total. The Bertz CT molecular complexity index is 640. The summed E-state index contributed by atoms with van der Waals surface area (Å²) in [5.74, 6) is -0.200. The van der Waals surface area contributed by atoms with Crippen LogP contribution in [0.1, 0.15) is 5.56 Å². The SMILES string of the molecule is N#Cc1ccnc(Oc2ccc(F)cc2Cl)c1N. The lowest BCUT2D eigenvalue weighted by Gasteiger charge is -2.09. The molecule has 4 nitrogen and oxygen atoms in total. The fourth-order valence-electron chi connectivity index (χ4n) is 1.29. The molecule has 1 aromatic heterocycles. The third-order valence-electron chi connectivity index (χ3n) is 2.17. The maximum atomic E-state index is 12.9. The van der Waals surface area contributed by atoms with Gasteiger partial charge in [0.1, 0.15) is 23.3 Å². The Morgan fingerprint density at radius 2 is 2.17 bits per heavy atom. The van der Waals surface area contributed by atoms with Crippen molar-refractivity contribution in [2.75, 3.05) is 5.73 Å². The first-order valence-electron chi connectivity index (χ1n) is 4.89. The van der Waals surface area contributed by atoms with Gasteiger partial charge in [-0.1, -0.05) is 11.6 Å². The Balaban J connectivity index is 2.38. The summed E-state index contributed by atoms with van der Waals surface area (Å²) in [4.78, 5) is 3.89. The second-order valence-electron chi connectivity index (χ2n) is 3.37. The number of hydrogen-bond acceptors (Lipinski definition) is 4. The molecule has 0 saturated heterocycles. The van der Waals surface area contributed by atoms with E-state index in [0.717, 1.165) is 6.07 Å². The lowest BCUT2D eigenvalue weighted by atomic mass is 10.2. The number of nitrogens with zero attached hydrogens (tertiary/aromatic N) is 2. The molecule has 0 aliphatic carbocycles. The average Bonchev–Trinajstić information content (AvgIpc) is 2.35. The van der Waals surface area contributed by atoms with E-state index in [2.05, 4.69) is 4.98 Å². The lowest BCUT2D eigenvalue weighted by molar-refractivity contribution is 0.464. The number of anilines is 1. The van der Waals surface area contributed by atoms with Crippen LogP contribution in [0.3, 0.4) is 0 Å². The van der Waals surface area contributed by atoms with E-state index >= 15 is 0 Å². The molecule has 18 heavy (non-hydrogen) atoms. The summed E-state index contributed by atoms with van der Waals surface area (Å²) in [6.07, 6.45) is 1.39. The Morgan fingerprint density at radius 3 is 2.83 bits per heavy atom. The minimum Gasteiger partial charge on any atom is -0.435 e. The summed E-state index contributed by atoms with van der Waals surface area (Å²) in [7, 11) is 0. The minimum absolute atomic E-state index is 0.0579. The number of nitrogens with two attached hydrogens (primary N) is 1. The van der Waals surface area contributed by atoms with Crippen LogP contribution in [0.5, 0.6) is 11.6 Å². The third kappa shape index (κ3) is 2.34. The molecule has 0 aliphatic rings. The van der Waals surface area contributed by atoms with Gasteiger partial charge in [0.25, 0.3) is 0 Å². The van der Waals surface area contributed by atoms with Gasteiger partial charge in [-0.05, 0) is 24.3 Å². The van der Waals surface area contributed by atoms with Gasteiger partial charge >= 0.3 is 0 Å². The van der Waals surface area contributed by atoms with E-state index < -0.39 is 5.82 Å². The summed E-state index contributed by atoms with van der Waals surface area (Å²) in [5.41, 5.74) is 6.05. The molecule has 1 aromatic carbocycles. The smallest absolute Gasteiger partial charge is 0.244 e. The van der Waals surface area contributed by atoms with Crippen LogP contribution in [0.25, 0.3) is 0 Å². The fourth-order valence-corrected chi connectivity index (χ4v) is 1.50. The molecule has 1 heterocycles. The van der Waals surface area contributed by atoms with Crippen LogP contribution in [-0.2, 0) is 0 Å². The molecule has 2 aromatic rings. The van der Waals surface area contributed by atoms with Crippen molar-refractivity contribution in [2.45, 2.75) is 0 Å². The van der Waals surface area contributed by atoms with Crippen molar-refractivity contribution in [3.8, 4) is 17.7 Å². The first kappa shape index (κ1) is 12.1. The summed E-state index contributed by atoms with van der Waals surface area (Å²) in [6, 6.07) is 7.05. The van der Waals surface area contributed by atoms with E-state index in [1.165, 1.54) is 24.4 Å². The third-order valence-corrected chi connectivity index (χ3v) is 2.47. The summed E-state index contributed by atoms with van der Waals surface area (Å²) < 4.78 is 18.2. The second kappa shape index (κ2) is 4.90. The second-order valence-corrected chi connectivity index (χ2v) is 3.77. The molecular formula is C12H7ClFN3O. The molecule has 0 saturated carbocycles. The van der Waals surface area contributed by atoms with Gasteiger partial charge in [-0.2, -0.15) is 5.26 Å². The van der Waals surface area contributed by atoms with Crippen LogP contribution in [0, 0.1) is 17.1 Å². The minimum atomic E-state index is -0.473. The number of nitriles is 1. The number of nitrogen functional groups attached to an aromatic ring is 1. The Morgan fingerprint density at radius 1 is 1.39 bits per heavy atom. The molecule has 0 unspecified atom stereocenters. The van der Waals surface area contributed by atoms with Crippen molar-refractivity contribution >= 4 is 17.3 Å². The predicted octanol–water partition coefficient (Wildman–Crippen LogP) is 3.12. The molecule has 0 radical (unpaired) electrons. The highest BCUT2D eigenvalue weighted by Crippen LogP contribution is 2.32. The number of ether oxygens (including phenoxy) is 1. The Hall–Kier alpha value is -2.32. The zero-order valence-electron chi connectivity index (χ0n) is 9.02. The van der Waals surface area contributed by atoms with E-state index in [1.807, 2.05) is 6.07 Å². The number of pyridine rings is 1. The number of rotatable bonds is 2. The van der Waals surface area contributed by atoms with Crippen molar-refractivity contribution in [2.24, 2.45) is 0 Å². The highest BCUT2D eigenvalue weighted by molar-refractivity contribution is 6.32. The van der Waals surface area contributed by atoms with Gasteiger partial charge < -0.3 is 10.5 Å². The first-order chi connectivity index (χ1) is 8.61. The van der Waals surface area contributed by atoms with E-state index in [4.69, 9.17) is 27.3 Å². The summed E-state index contributed by atoms with van der Waals surface area (Å²) in [5, 5.41) is 8.91. The summed E-state index contributed by atoms with van der Waals surface area (Å²) in [6.45, 7) is 0. The number of halogens is 2. The monoisotopic (exact) mass is 263 g/mol. The molecule has 0 fully saturated rings. The average molecular weight is 264 g/mol. The zero-order chi connectivity index (χ0) is 13.1. The van der Waals surface area contributed by atoms with Crippen LogP contribution >= 0.6 is 11.6 Å². The Kier molecular flexibility index (Phi) is 3.31. The molecule has 0 amide bonds. The van der Waals surface area contributed by atoms with Crippen molar-refractivity contribution in [1.82, 2.24) is 4.98 Å². The van der Waals surface area contributed by atoms with Crippen molar-refractivity contribution in [3.05, 3.63) is 46.9 Å². The molecular weight excluding hydrogens is 257 g/mol. The van der Waals surface area contributed by atoms with Crippen LogP contribution in [0.15, 0.2) is 30.5 Å². The van der Waals surface area contributed by atoms with E-state index in [-0.39, 0.29) is 27.9 Å². The lowest BCUT2D eigenvalue weighted by Crippen LogP contribution is -1.98. The fraction of sp³-hybridized carbons (Fsp3) is 0. The molecule has 0 spiro atoms. The molecule has 6 heteroatoms. The molecule has 0 atom stereocenters. The van der Waals surface area contributed by atoms with Gasteiger partial charge in [0.2, 0.25) is 5.88 Å². The zero-order valence-corrected chi connectivity index (χ0v) is 9.78. The normalized spacial score (nSPS) is 9.83. The molecule has 2 rings (SSSR count). The van der Waals surface area contributed by atoms with Crippen molar-refractivity contribution in [1.29, 1.82) is 5.26 Å². The number of aromatic nitrogens is 1. The van der Waals surface area contributed by atoms with Crippen LogP contribution in [0.2, 0.25) is 5.02 Å². The van der Waals surface area contributed by atoms with Crippen LogP contribution < -0.4 is 10.5 Å². The maximum absolute atomic E-state index is 12.9. The van der Waals surface area contributed by atoms with Gasteiger partial charge in [-0.15, -0.1) is 0 Å². The predicted molar refractivity (Wildman–Crippen MR) is 64.8 cm³/mol. The van der Waals surface area contributed by atoms with Gasteiger partial charge in [-0.25, -0.2) is 9.37 Å². The van der Waals surface area contributed by atoms with E-state index in [1.54, 1.807) is 0 Å². The van der Waals surface area contributed by atoms with Gasteiger partial charge in [0, 0.05) is 6.20 Å². The highest BCUT2D eigenvalue weighted by Gasteiger charge is 2.10. The van der Waals surface area contributed by atoms with Gasteiger partial charge in [0.05, 0.1) is 10.6 Å². The van der Waals surface area contributed by atoms with Gasteiger partial charge in [0.15, 0.2) is 0 Å². The standard InChI is InChI=1S/C12H7ClFN3O/c13-9-5-8(14)1-2-10(9)18-12-11(16)7(6-15)3-4-17-12/h1-5H,16H2. The largest absolute Gasteiger partial charge is 0.435 e. The summed E-state index contributed by atoms with van der Waals surface area (Å²) >= 11 is 5.81. The quantitative estimate of drug-likeness (QED) is 0.903. The van der Waals surface area contributed by atoms with Gasteiger partial charge in [-0.3, -0.25) is 0 Å².